The highest BCUT2D eigenvalue weighted by Crippen LogP contribution is 2.25. The maximum Gasteiger partial charge on any atom is 0.139 e. The molecule has 104 valence electrons. The van der Waals surface area contributed by atoms with Crippen LogP contribution in [0, 0.1) is 10.5 Å². The lowest BCUT2D eigenvalue weighted by Crippen LogP contribution is -1.93. The van der Waals surface area contributed by atoms with E-state index >= 15 is 0 Å². The zero-order chi connectivity index (χ0) is 14.8. The van der Waals surface area contributed by atoms with E-state index in [2.05, 4.69) is 25.9 Å². The molecule has 0 saturated heterocycles. The summed E-state index contributed by atoms with van der Waals surface area (Å²) in [5, 5.41) is 0. The van der Waals surface area contributed by atoms with Crippen LogP contribution in [0.1, 0.15) is 0 Å². The molecule has 0 aliphatic carbocycles. The van der Waals surface area contributed by atoms with Crippen LogP contribution in [0.25, 0.3) is 22.6 Å². The Balaban J connectivity index is 2.14. The molecule has 0 radical (unpaired) electrons. The Labute approximate surface area is 134 Å². The molecule has 2 nitrogen and oxygen atoms in total. The van der Waals surface area contributed by atoms with Crippen molar-refractivity contribution >= 4 is 28.1 Å². The number of hydrogen-bond acceptors (Lipinski definition) is 2. The third-order valence-electron chi connectivity index (χ3n) is 3.02. The molecular weight excluding hydrogens is 351 g/mol. The summed E-state index contributed by atoms with van der Waals surface area (Å²) >= 11 is 8.41. The van der Waals surface area contributed by atoms with Crippen LogP contribution in [0.4, 0.5) is 4.39 Å². The lowest BCUT2D eigenvalue weighted by molar-refractivity contribution is 0.621. The zero-order valence-corrected chi connectivity index (χ0v) is 13.2. The second-order valence-electron chi connectivity index (χ2n) is 4.48. The van der Waals surface area contributed by atoms with Crippen molar-refractivity contribution in [2.45, 2.75) is 0 Å². The summed E-state index contributed by atoms with van der Waals surface area (Å²) in [6.07, 6.45) is 0. The quantitative estimate of drug-likeness (QED) is 0.622. The molecule has 5 heteroatoms. The summed E-state index contributed by atoms with van der Waals surface area (Å²) < 4.78 is 14.2. The first-order valence-corrected chi connectivity index (χ1v) is 7.46. The highest BCUT2D eigenvalue weighted by atomic mass is 79.9. The Morgan fingerprint density at radius 3 is 2.48 bits per heavy atom. The van der Waals surface area contributed by atoms with Gasteiger partial charge in [-0.15, -0.1) is 0 Å². The van der Waals surface area contributed by atoms with Gasteiger partial charge in [-0.2, -0.15) is 0 Å². The maximum atomic E-state index is 13.3. The normalized spacial score (nSPS) is 10.6. The highest BCUT2D eigenvalue weighted by Gasteiger charge is 2.07. The number of aromatic nitrogens is 2. The van der Waals surface area contributed by atoms with E-state index in [0.717, 1.165) is 16.8 Å². The molecule has 2 aromatic carbocycles. The monoisotopic (exact) mass is 360 g/mol. The molecular formula is C16H10BrFN2S. The third-order valence-corrected chi connectivity index (χ3v) is 3.84. The molecule has 0 aliphatic heterocycles. The largest absolute Gasteiger partial charge is 0.339 e. The van der Waals surface area contributed by atoms with E-state index in [1.165, 1.54) is 6.07 Å². The first-order valence-electron chi connectivity index (χ1n) is 6.26. The minimum Gasteiger partial charge on any atom is -0.339 e. The van der Waals surface area contributed by atoms with Gasteiger partial charge in [0.2, 0.25) is 0 Å². The summed E-state index contributed by atoms with van der Waals surface area (Å²) in [7, 11) is 0. The van der Waals surface area contributed by atoms with Crippen molar-refractivity contribution in [3.8, 4) is 22.6 Å². The lowest BCUT2D eigenvalue weighted by atomic mass is 10.1. The van der Waals surface area contributed by atoms with Crippen molar-refractivity contribution in [2.24, 2.45) is 0 Å². The van der Waals surface area contributed by atoms with E-state index in [4.69, 9.17) is 12.2 Å². The van der Waals surface area contributed by atoms with Gasteiger partial charge in [-0.05, 0) is 45.8 Å². The van der Waals surface area contributed by atoms with Crippen molar-refractivity contribution in [2.75, 3.05) is 0 Å². The molecule has 0 aliphatic rings. The Morgan fingerprint density at radius 2 is 1.76 bits per heavy atom. The number of H-pyrrole nitrogens is 1. The number of nitrogens with one attached hydrogen (secondary N) is 1. The van der Waals surface area contributed by atoms with Gasteiger partial charge in [-0.3, -0.25) is 0 Å². The molecule has 21 heavy (non-hydrogen) atoms. The van der Waals surface area contributed by atoms with Crippen LogP contribution in [0.5, 0.6) is 0 Å². The molecule has 0 bridgehead atoms. The fourth-order valence-corrected chi connectivity index (χ4v) is 2.60. The molecule has 3 rings (SSSR count). The Bertz CT molecular complexity index is 846. The average Bonchev–Trinajstić information content (AvgIpc) is 2.50. The van der Waals surface area contributed by atoms with E-state index in [1.54, 1.807) is 12.1 Å². The molecule has 0 amide bonds. The summed E-state index contributed by atoms with van der Waals surface area (Å²) in [6, 6.07) is 16.4. The molecule has 0 fully saturated rings. The predicted molar refractivity (Wildman–Crippen MR) is 88.0 cm³/mol. The zero-order valence-electron chi connectivity index (χ0n) is 10.8. The van der Waals surface area contributed by atoms with Crippen molar-refractivity contribution in [1.29, 1.82) is 0 Å². The van der Waals surface area contributed by atoms with Crippen LogP contribution < -0.4 is 0 Å². The predicted octanol–water partition coefficient (Wildman–Crippen LogP) is 5.37. The molecule has 0 unspecified atom stereocenters. The molecule has 1 N–H and O–H groups in total. The minimum absolute atomic E-state index is 0.309. The van der Waals surface area contributed by atoms with E-state index < -0.39 is 0 Å². The number of aromatic amines is 1. The van der Waals surface area contributed by atoms with Gasteiger partial charge < -0.3 is 4.98 Å². The van der Waals surface area contributed by atoms with Gasteiger partial charge in [-0.1, -0.05) is 42.5 Å². The van der Waals surface area contributed by atoms with Gasteiger partial charge in [0.05, 0.1) is 4.47 Å². The second kappa shape index (κ2) is 5.87. The number of nitrogens with zero attached hydrogens (tertiary/aromatic N) is 1. The summed E-state index contributed by atoms with van der Waals surface area (Å²) in [6.45, 7) is 0. The Morgan fingerprint density at radius 1 is 1.00 bits per heavy atom. The first-order chi connectivity index (χ1) is 10.1. The second-order valence-corrected chi connectivity index (χ2v) is 5.75. The molecule has 0 atom stereocenters. The van der Waals surface area contributed by atoms with Gasteiger partial charge in [0.15, 0.2) is 0 Å². The average molecular weight is 361 g/mol. The smallest absolute Gasteiger partial charge is 0.139 e. The fourth-order valence-electron chi connectivity index (χ4n) is 2.01. The summed E-state index contributed by atoms with van der Waals surface area (Å²) in [5.41, 5.74) is 2.67. The molecule has 1 aromatic heterocycles. The molecule has 3 aromatic rings. The summed E-state index contributed by atoms with van der Waals surface area (Å²) in [5.74, 6) is 0.304. The standard InChI is InChI=1S/C16H10BrFN2S/c17-12-8-11(6-7-13(12)18)16-19-14(9-15(21)20-16)10-4-2-1-3-5-10/h1-9H,(H,19,20,21). The van der Waals surface area contributed by atoms with E-state index in [1.807, 2.05) is 36.4 Å². The molecule has 0 saturated carbocycles. The molecule has 1 heterocycles. The van der Waals surface area contributed by atoms with Crippen LogP contribution in [0.2, 0.25) is 0 Å². The van der Waals surface area contributed by atoms with Crippen molar-refractivity contribution in [1.82, 2.24) is 9.97 Å². The van der Waals surface area contributed by atoms with Gasteiger partial charge >= 0.3 is 0 Å². The van der Waals surface area contributed by atoms with Gasteiger partial charge in [0.1, 0.15) is 16.3 Å². The van der Waals surface area contributed by atoms with Crippen LogP contribution in [0.15, 0.2) is 59.1 Å². The highest BCUT2D eigenvalue weighted by molar-refractivity contribution is 9.10. The topological polar surface area (TPSA) is 28.7 Å². The number of halogens is 2. The molecule has 0 spiro atoms. The SMILES string of the molecule is Fc1ccc(-c2nc(=S)cc(-c3ccccc3)[nH]2)cc1Br. The lowest BCUT2D eigenvalue weighted by Gasteiger charge is -2.07. The van der Waals surface area contributed by atoms with E-state index in [0.29, 0.717) is 14.9 Å². The van der Waals surface area contributed by atoms with Crippen molar-refractivity contribution < 1.29 is 4.39 Å². The first kappa shape index (κ1) is 14.1. The van der Waals surface area contributed by atoms with E-state index in [9.17, 15) is 4.39 Å². The van der Waals surface area contributed by atoms with Gasteiger partial charge in [0, 0.05) is 11.3 Å². The van der Waals surface area contributed by atoms with Gasteiger partial charge in [-0.25, -0.2) is 9.37 Å². The Kier molecular flexibility index (Phi) is 3.94. The van der Waals surface area contributed by atoms with Crippen molar-refractivity contribution in [3.05, 3.63) is 69.5 Å². The van der Waals surface area contributed by atoms with Crippen LogP contribution in [0.3, 0.4) is 0 Å². The summed E-state index contributed by atoms with van der Waals surface area (Å²) in [4.78, 5) is 7.56. The van der Waals surface area contributed by atoms with Crippen molar-refractivity contribution in [3.63, 3.8) is 0 Å². The maximum absolute atomic E-state index is 13.3. The van der Waals surface area contributed by atoms with Gasteiger partial charge in [0.25, 0.3) is 0 Å². The number of hydrogen-bond donors (Lipinski definition) is 1. The number of rotatable bonds is 2. The Hall–Kier alpha value is -1.85. The number of benzene rings is 2. The third kappa shape index (κ3) is 3.09. The van der Waals surface area contributed by atoms with Crippen LogP contribution in [-0.2, 0) is 0 Å². The fraction of sp³-hybridized carbons (Fsp3) is 0. The minimum atomic E-state index is -0.309. The van der Waals surface area contributed by atoms with Crippen LogP contribution in [-0.4, -0.2) is 9.97 Å². The van der Waals surface area contributed by atoms with E-state index in [-0.39, 0.29) is 5.82 Å². The van der Waals surface area contributed by atoms with Crippen LogP contribution >= 0.6 is 28.1 Å².